The smallest absolute Gasteiger partial charge is 0.242 e. The third-order valence-electron chi connectivity index (χ3n) is 5.14. The SMILES string of the molecule is Cc1c(Br)c2ccccc2n1CC(=O)N1CCC2(CC1)OCCO2. The van der Waals surface area contributed by atoms with Crippen molar-refractivity contribution in [1.29, 1.82) is 0 Å². The van der Waals surface area contributed by atoms with E-state index in [-0.39, 0.29) is 5.91 Å². The molecule has 0 aliphatic carbocycles. The molecule has 2 aliphatic heterocycles. The van der Waals surface area contributed by atoms with Gasteiger partial charge in [-0.25, -0.2) is 0 Å². The van der Waals surface area contributed by atoms with E-state index in [1.165, 1.54) is 0 Å². The molecule has 2 aromatic rings. The standard InChI is InChI=1S/C18H21BrN2O3/c1-13-17(19)14-4-2-3-5-15(14)21(13)12-16(22)20-8-6-18(7-9-20)23-10-11-24-18/h2-5H,6-12H2,1H3. The number of para-hydroxylation sites is 1. The van der Waals surface area contributed by atoms with E-state index < -0.39 is 5.79 Å². The van der Waals surface area contributed by atoms with Crippen molar-refractivity contribution in [2.24, 2.45) is 0 Å². The number of carbonyl (C=O) groups excluding carboxylic acids is 1. The molecule has 2 fully saturated rings. The fourth-order valence-corrected chi connectivity index (χ4v) is 4.26. The first-order valence-electron chi connectivity index (χ1n) is 8.39. The first-order valence-corrected chi connectivity index (χ1v) is 9.18. The highest BCUT2D eigenvalue weighted by Gasteiger charge is 2.40. The molecule has 1 aromatic carbocycles. The number of benzene rings is 1. The number of ether oxygens (including phenoxy) is 2. The Morgan fingerprint density at radius 1 is 1.21 bits per heavy atom. The molecular formula is C18H21BrN2O3. The Labute approximate surface area is 149 Å². The summed E-state index contributed by atoms with van der Waals surface area (Å²) in [6.45, 7) is 5.12. The molecule has 5 nitrogen and oxygen atoms in total. The van der Waals surface area contributed by atoms with Gasteiger partial charge in [-0.1, -0.05) is 18.2 Å². The van der Waals surface area contributed by atoms with Crippen molar-refractivity contribution in [2.75, 3.05) is 26.3 Å². The summed E-state index contributed by atoms with van der Waals surface area (Å²) in [5.74, 6) is -0.283. The van der Waals surface area contributed by atoms with Crippen LogP contribution < -0.4 is 0 Å². The summed E-state index contributed by atoms with van der Waals surface area (Å²) in [4.78, 5) is 14.7. The number of hydrogen-bond donors (Lipinski definition) is 0. The summed E-state index contributed by atoms with van der Waals surface area (Å²) in [6.07, 6.45) is 1.52. The van der Waals surface area contributed by atoms with Crippen LogP contribution in [0.1, 0.15) is 18.5 Å². The minimum absolute atomic E-state index is 0.152. The van der Waals surface area contributed by atoms with Gasteiger partial charge in [0.15, 0.2) is 5.79 Å². The lowest BCUT2D eigenvalue weighted by Gasteiger charge is -2.37. The average molecular weight is 393 g/mol. The van der Waals surface area contributed by atoms with Gasteiger partial charge in [0.1, 0.15) is 6.54 Å². The maximum absolute atomic E-state index is 12.8. The average Bonchev–Trinajstić information content (AvgIpc) is 3.15. The number of fused-ring (bicyclic) bond motifs is 1. The molecule has 1 amide bonds. The number of halogens is 1. The van der Waals surface area contributed by atoms with Crippen LogP contribution in [0, 0.1) is 6.92 Å². The highest BCUT2D eigenvalue weighted by atomic mass is 79.9. The van der Waals surface area contributed by atoms with Gasteiger partial charge in [-0.05, 0) is 28.9 Å². The molecular weight excluding hydrogens is 372 g/mol. The number of piperidine rings is 1. The number of carbonyl (C=O) groups is 1. The van der Waals surface area contributed by atoms with Crippen molar-refractivity contribution in [1.82, 2.24) is 9.47 Å². The van der Waals surface area contributed by atoms with Gasteiger partial charge in [0.05, 0.1) is 13.2 Å². The van der Waals surface area contributed by atoms with Gasteiger partial charge in [-0.2, -0.15) is 0 Å². The Hall–Kier alpha value is -1.37. The van der Waals surface area contributed by atoms with Crippen molar-refractivity contribution in [3.8, 4) is 0 Å². The zero-order valence-electron chi connectivity index (χ0n) is 13.8. The van der Waals surface area contributed by atoms with Crippen molar-refractivity contribution < 1.29 is 14.3 Å². The van der Waals surface area contributed by atoms with E-state index in [4.69, 9.17) is 9.47 Å². The van der Waals surface area contributed by atoms with Crippen molar-refractivity contribution in [3.63, 3.8) is 0 Å². The molecule has 0 radical (unpaired) electrons. The first-order chi connectivity index (χ1) is 11.6. The Bertz CT molecular complexity index is 770. The molecule has 2 aliphatic rings. The molecule has 4 rings (SSSR count). The lowest BCUT2D eigenvalue weighted by atomic mass is 10.0. The molecule has 3 heterocycles. The Balaban J connectivity index is 1.50. The van der Waals surface area contributed by atoms with Crippen LogP contribution in [0.5, 0.6) is 0 Å². The van der Waals surface area contributed by atoms with E-state index in [0.29, 0.717) is 32.8 Å². The maximum atomic E-state index is 12.8. The van der Waals surface area contributed by atoms with Crippen LogP contribution in [0.2, 0.25) is 0 Å². The molecule has 0 unspecified atom stereocenters. The zero-order chi connectivity index (χ0) is 16.7. The van der Waals surface area contributed by atoms with Gasteiger partial charge in [-0.15, -0.1) is 0 Å². The molecule has 2 saturated heterocycles. The normalized spacial score (nSPS) is 20.2. The molecule has 6 heteroatoms. The third kappa shape index (κ3) is 2.66. The van der Waals surface area contributed by atoms with Crippen LogP contribution in [-0.4, -0.2) is 47.5 Å². The maximum Gasteiger partial charge on any atom is 0.242 e. The summed E-state index contributed by atoms with van der Waals surface area (Å²) >= 11 is 3.65. The lowest BCUT2D eigenvalue weighted by molar-refractivity contribution is -0.187. The van der Waals surface area contributed by atoms with E-state index in [9.17, 15) is 4.79 Å². The highest BCUT2D eigenvalue weighted by molar-refractivity contribution is 9.10. The first kappa shape index (κ1) is 16.1. The quantitative estimate of drug-likeness (QED) is 0.788. The van der Waals surface area contributed by atoms with Gasteiger partial charge in [0, 0.05) is 47.0 Å². The zero-order valence-corrected chi connectivity index (χ0v) is 15.3. The van der Waals surface area contributed by atoms with Crippen molar-refractivity contribution in [2.45, 2.75) is 32.1 Å². The van der Waals surface area contributed by atoms with Gasteiger partial charge in [-0.3, -0.25) is 4.79 Å². The minimum Gasteiger partial charge on any atom is -0.347 e. The second kappa shape index (κ2) is 6.17. The highest BCUT2D eigenvalue weighted by Crippen LogP contribution is 2.33. The predicted octanol–water partition coefficient (Wildman–Crippen LogP) is 3.08. The molecule has 24 heavy (non-hydrogen) atoms. The van der Waals surface area contributed by atoms with E-state index >= 15 is 0 Å². The number of rotatable bonds is 2. The Kier molecular flexibility index (Phi) is 4.14. The number of likely N-dealkylation sites (tertiary alicyclic amines) is 1. The van der Waals surface area contributed by atoms with Crippen LogP contribution in [-0.2, 0) is 20.8 Å². The summed E-state index contributed by atoms with van der Waals surface area (Å²) < 4.78 is 14.6. The van der Waals surface area contributed by atoms with Crippen molar-refractivity contribution >= 4 is 32.7 Å². The second-order valence-corrected chi connectivity index (χ2v) is 7.28. The van der Waals surface area contributed by atoms with E-state index in [2.05, 4.69) is 32.6 Å². The van der Waals surface area contributed by atoms with Crippen LogP contribution in [0.25, 0.3) is 10.9 Å². The van der Waals surface area contributed by atoms with Crippen LogP contribution in [0.3, 0.4) is 0 Å². The largest absolute Gasteiger partial charge is 0.347 e. The second-order valence-electron chi connectivity index (χ2n) is 6.49. The molecule has 1 spiro atoms. The van der Waals surface area contributed by atoms with Gasteiger partial charge < -0.3 is 18.9 Å². The van der Waals surface area contributed by atoms with E-state index in [0.717, 1.165) is 33.9 Å². The molecule has 0 bridgehead atoms. The van der Waals surface area contributed by atoms with Crippen LogP contribution in [0.15, 0.2) is 28.7 Å². The summed E-state index contributed by atoms with van der Waals surface area (Å²) in [5.41, 5.74) is 2.17. The minimum atomic E-state index is -0.435. The molecule has 128 valence electrons. The Morgan fingerprint density at radius 2 is 1.88 bits per heavy atom. The van der Waals surface area contributed by atoms with Gasteiger partial charge in [0.25, 0.3) is 0 Å². The number of nitrogens with zero attached hydrogens (tertiary/aromatic N) is 2. The summed E-state index contributed by atoms with van der Waals surface area (Å²) in [7, 11) is 0. The third-order valence-corrected chi connectivity index (χ3v) is 6.14. The number of hydrogen-bond acceptors (Lipinski definition) is 3. The molecule has 0 saturated carbocycles. The van der Waals surface area contributed by atoms with E-state index in [1.54, 1.807) is 0 Å². The van der Waals surface area contributed by atoms with Gasteiger partial charge >= 0.3 is 0 Å². The number of amides is 1. The topological polar surface area (TPSA) is 43.7 Å². The van der Waals surface area contributed by atoms with Gasteiger partial charge in [0.2, 0.25) is 5.91 Å². The fraction of sp³-hybridized carbons (Fsp3) is 0.500. The summed E-state index contributed by atoms with van der Waals surface area (Å²) in [6, 6.07) is 8.16. The summed E-state index contributed by atoms with van der Waals surface area (Å²) in [5, 5.41) is 1.15. The fourth-order valence-electron chi connectivity index (χ4n) is 3.71. The molecule has 0 atom stereocenters. The monoisotopic (exact) mass is 392 g/mol. The lowest BCUT2D eigenvalue weighted by Crippen LogP contribution is -2.48. The van der Waals surface area contributed by atoms with Crippen LogP contribution in [0.4, 0.5) is 0 Å². The van der Waals surface area contributed by atoms with E-state index in [1.807, 2.05) is 24.0 Å². The number of aromatic nitrogens is 1. The molecule has 1 aromatic heterocycles. The Morgan fingerprint density at radius 3 is 2.58 bits per heavy atom. The predicted molar refractivity (Wildman–Crippen MR) is 94.8 cm³/mol. The van der Waals surface area contributed by atoms with Crippen molar-refractivity contribution in [3.05, 3.63) is 34.4 Å². The van der Waals surface area contributed by atoms with Crippen LogP contribution >= 0.6 is 15.9 Å². The molecule has 0 N–H and O–H groups in total.